The van der Waals surface area contributed by atoms with Crippen LogP contribution in [0.1, 0.15) is 19.4 Å². The molecule has 2 nitrogen and oxygen atoms in total. The Labute approximate surface area is 119 Å². The van der Waals surface area contributed by atoms with Gasteiger partial charge in [0.25, 0.3) is 0 Å². The van der Waals surface area contributed by atoms with Crippen LogP contribution in [0.4, 0.5) is 0 Å². The van der Waals surface area contributed by atoms with Crippen LogP contribution in [0.15, 0.2) is 42.5 Å². The molecular formula is C16H18ClNO. The number of ether oxygens (including phenoxy) is 1. The van der Waals surface area contributed by atoms with Crippen LogP contribution >= 0.6 is 11.6 Å². The molecule has 0 aliphatic carbocycles. The molecule has 0 aromatic heterocycles. The minimum atomic E-state index is 0.127. The predicted octanol–water partition coefficient (Wildman–Crippen LogP) is 4.25. The second kappa shape index (κ2) is 6.09. The smallest absolute Gasteiger partial charge is 0.127 e. The molecule has 0 atom stereocenters. The van der Waals surface area contributed by atoms with E-state index in [1.165, 1.54) is 0 Å². The Morgan fingerprint density at radius 2 is 1.84 bits per heavy atom. The molecule has 19 heavy (non-hydrogen) atoms. The van der Waals surface area contributed by atoms with E-state index in [2.05, 4.69) is 0 Å². The fourth-order valence-corrected chi connectivity index (χ4v) is 2.20. The lowest BCUT2D eigenvalue weighted by atomic mass is 9.99. The Bertz CT molecular complexity index is 566. The fraction of sp³-hybridized carbons (Fsp3) is 0.250. The molecule has 2 aromatic carbocycles. The third-order valence-electron chi connectivity index (χ3n) is 2.83. The Morgan fingerprint density at radius 1 is 1.11 bits per heavy atom. The van der Waals surface area contributed by atoms with Crippen molar-refractivity contribution in [1.29, 1.82) is 0 Å². The minimum absolute atomic E-state index is 0.127. The highest BCUT2D eigenvalue weighted by molar-refractivity contribution is 6.30. The molecule has 0 aliphatic rings. The van der Waals surface area contributed by atoms with Crippen molar-refractivity contribution < 1.29 is 4.74 Å². The molecule has 0 radical (unpaired) electrons. The van der Waals surface area contributed by atoms with Gasteiger partial charge in [0.15, 0.2) is 0 Å². The number of halogens is 1. The monoisotopic (exact) mass is 275 g/mol. The molecular weight excluding hydrogens is 258 g/mol. The Balaban J connectivity index is 2.55. The average molecular weight is 276 g/mol. The second-order valence-electron chi connectivity index (χ2n) is 4.67. The van der Waals surface area contributed by atoms with Crippen LogP contribution in [0.2, 0.25) is 5.02 Å². The van der Waals surface area contributed by atoms with E-state index in [1.54, 1.807) is 0 Å². The zero-order chi connectivity index (χ0) is 13.8. The highest BCUT2D eigenvalue weighted by Gasteiger charge is 2.11. The molecule has 2 aromatic rings. The molecule has 100 valence electrons. The number of para-hydroxylation sites is 1. The van der Waals surface area contributed by atoms with E-state index in [1.807, 2.05) is 56.3 Å². The van der Waals surface area contributed by atoms with E-state index >= 15 is 0 Å². The van der Waals surface area contributed by atoms with Gasteiger partial charge in [0.2, 0.25) is 0 Å². The van der Waals surface area contributed by atoms with Crippen LogP contribution in [0, 0.1) is 0 Å². The van der Waals surface area contributed by atoms with Gasteiger partial charge in [0.05, 0.1) is 6.10 Å². The van der Waals surface area contributed by atoms with Crippen molar-refractivity contribution in [2.75, 3.05) is 0 Å². The number of hydrogen-bond donors (Lipinski definition) is 1. The van der Waals surface area contributed by atoms with Crippen LogP contribution in [0.3, 0.4) is 0 Å². The third kappa shape index (κ3) is 3.28. The predicted molar refractivity (Wildman–Crippen MR) is 80.5 cm³/mol. The lowest BCUT2D eigenvalue weighted by molar-refractivity contribution is 0.243. The van der Waals surface area contributed by atoms with Crippen LogP contribution in [-0.2, 0) is 6.54 Å². The molecule has 0 bridgehead atoms. The summed E-state index contributed by atoms with van der Waals surface area (Å²) in [7, 11) is 0. The minimum Gasteiger partial charge on any atom is -0.490 e. The first kappa shape index (κ1) is 13.9. The highest BCUT2D eigenvalue weighted by atomic mass is 35.5. The van der Waals surface area contributed by atoms with Gasteiger partial charge in [-0.05, 0) is 43.2 Å². The van der Waals surface area contributed by atoms with Gasteiger partial charge >= 0.3 is 0 Å². The lowest BCUT2D eigenvalue weighted by Crippen LogP contribution is -2.07. The van der Waals surface area contributed by atoms with E-state index < -0.39 is 0 Å². The van der Waals surface area contributed by atoms with Gasteiger partial charge in [0.1, 0.15) is 5.75 Å². The standard InChI is InChI=1S/C16H18ClNO/c1-11(2)19-16-6-4-3-5-14(16)15-9-13(17)8-7-12(15)10-18/h3-9,11H,10,18H2,1-2H3. The number of benzene rings is 2. The Hall–Kier alpha value is -1.51. The summed E-state index contributed by atoms with van der Waals surface area (Å²) in [4.78, 5) is 0. The fourth-order valence-electron chi connectivity index (χ4n) is 2.02. The number of rotatable bonds is 4. The Morgan fingerprint density at radius 3 is 2.53 bits per heavy atom. The maximum absolute atomic E-state index is 6.10. The van der Waals surface area contributed by atoms with Gasteiger partial charge in [-0.15, -0.1) is 0 Å². The molecule has 3 heteroatoms. The van der Waals surface area contributed by atoms with Gasteiger partial charge in [-0.2, -0.15) is 0 Å². The van der Waals surface area contributed by atoms with Gasteiger partial charge in [0, 0.05) is 17.1 Å². The van der Waals surface area contributed by atoms with Gasteiger partial charge in [-0.3, -0.25) is 0 Å². The number of nitrogens with two attached hydrogens (primary N) is 1. The maximum Gasteiger partial charge on any atom is 0.127 e. The van der Waals surface area contributed by atoms with E-state index in [4.69, 9.17) is 22.1 Å². The molecule has 0 heterocycles. The normalized spacial score (nSPS) is 10.8. The third-order valence-corrected chi connectivity index (χ3v) is 3.07. The second-order valence-corrected chi connectivity index (χ2v) is 5.10. The van der Waals surface area contributed by atoms with E-state index in [9.17, 15) is 0 Å². The first-order valence-corrected chi connectivity index (χ1v) is 6.74. The maximum atomic E-state index is 6.10. The molecule has 2 N–H and O–H groups in total. The summed E-state index contributed by atoms with van der Waals surface area (Å²) in [6, 6.07) is 13.7. The van der Waals surface area contributed by atoms with Gasteiger partial charge in [-0.25, -0.2) is 0 Å². The van der Waals surface area contributed by atoms with Crippen molar-refractivity contribution in [3.8, 4) is 16.9 Å². The topological polar surface area (TPSA) is 35.2 Å². The van der Waals surface area contributed by atoms with Crippen molar-refractivity contribution >= 4 is 11.6 Å². The summed E-state index contributed by atoms with van der Waals surface area (Å²) in [6.45, 7) is 4.50. The van der Waals surface area contributed by atoms with Crippen molar-refractivity contribution in [1.82, 2.24) is 0 Å². The zero-order valence-electron chi connectivity index (χ0n) is 11.2. The molecule has 0 spiro atoms. The van der Waals surface area contributed by atoms with Crippen molar-refractivity contribution in [2.24, 2.45) is 5.73 Å². The van der Waals surface area contributed by atoms with E-state index in [-0.39, 0.29) is 6.10 Å². The summed E-state index contributed by atoms with van der Waals surface area (Å²) in [5, 5.41) is 0.701. The van der Waals surface area contributed by atoms with Gasteiger partial charge < -0.3 is 10.5 Å². The van der Waals surface area contributed by atoms with Crippen LogP contribution in [-0.4, -0.2) is 6.10 Å². The Kier molecular flexibility index (Phi) is 4.46. The van der Waals surface area contributed by atoms with Crippen LogP contribution in [0.5, 0.6) is 5.75 Å². The number of hydrogen-bond acceptors (Lipinski definition) is 2. The van der Waals surface area contributed by atoms with E-state index in [0.717, 1.165) is 22.4 Å². The first-order chi connectivity index (χ1) is 9.11. The van der Waals surface area contributed by atoms with Crippen LogP contribution in [0.25, 0.3) is 11.1 Å². The average Bonchev–Trinajstić information content (AvgIpc) is 2.38. The van der Waals surface area contributed by atoms with E-state index in [0.29, 0.717) is 11.6 Å². The lowest BCUT2D eigenvalue weighted by Gasteiger charge is -2.16. The molecule has 2 rings (SSSR count). The summed E-state index contributed by atoms with van der Waals surface area (Å²) >= 11 is 6.10. The molecule has 0 amide bonds. The van der Waals surface area contributed by atoms with Crippen molar-refractivity contribution in [3.63, 3.8) is 0 Å². The molecule has 0 saturated carbocycles. The largest absolute Gasteiger partial charge is 0.490 e. The van der Waals surface area contributed by atoms with Crippen molar-refractivity contribution in [2.45, 2.75) is 26.5 Å². The molecule has 0 aliphatic heterocycles. The van der Waals surface area contributed by atoms with Crippen molar-refractivity contribution in [3.05, 3.63) is 53.1 Å². The highest BCUT2D eigenvalue weighted by Crippen LogP contribution is 2.34. The molecule has 0 fully saturated rings. The van der Waals surface area contributed by atoms with Crippen LogP contribution < -0.4 is 10.5 Å². The molecule has 0 unspecified atom stereocenters. The summed E-state index contributed by atoms with van der Waals surface area (Å²) in [5.41, 5.74) is 8.93. The first-order valence-electron chi connectivity index (χ1n) is 6.36. The summed E-state index contributed by atoms with van der Waals surface area (Å²) < 4.78 is 5.86. The quantitative estimate of drug-likeness (QED) is 0.905. The van der Waals surface area contributed by atoms with Gasteiger partial charge in [-0.1, -0.05) is 35.9 Å². The SMILES string of the molecule is CC(C)Oc1ccccc1-c1cc(Cl)ccc1CN. The summed E-state index contributed by atoms with van der Waals surface area (Å²) in [6.07, 6.45) is 0.127. The summed E-state index contributed by atoms with van der Waals surface area (Å²) in [5.74, 6) is 0.856. The zero-order valence-corrected chi connectivity index (χ0v) is 11.9. The molecule has 0 saturated heterocycles.